The van der Waals surface area contributed by atoms with Gasteiger partial charge in [-0.1, -0.05) is 0 Å². The molecule has 0 amide bonds. The summed E-state index contributed by atoms with van der Waals surface area (Å²) in [5.41, 5.74) is 0.474. The summed E-state index contributed by atoms with van der Waals surface area (Å²) in [5, 5.41) is 10.6. The van der Waals surface area contributed by atoms with Gasteiger partial charge in [0.1, 0.15) is 5.76 Å². The van der Waals surface area contributed by atoms with E-state index in [1.54, 1.807) is 18.2 Å². The molecule has 1 aromatic carbocycles. The molecule has 1 heterocycles. The maximum absolute atomic E-state index is 10.7. The van der Waals surface area contributed by atoms with Crippen LogP contribution in [0.5, 0.6) is 0 Å². The third-order valence-corrected chi connectivity index (χ3v) is 2.16. The fourth-order valence-corrected chi connectivity index (χ4v) is 1.41. The maximum Gasteiger partial charge on any atom is 0.279 e. The summed E-state index contributed by atoms with van der Waals surface area (Å²) in [7, 11) is 0. The summed E-state index contributed by atoms with van der Waals surface area (Å²) >= 11 is 0. The number of aldehydes is 1. The van der Waals surface area contributed by atoms with E-state index in [1.807, 2.05) is 0 Å². The van der Waals surface area contributed by atoms with Gasteiger partial charge in [0.25, 0.3) is 5.69 Å². The van der Waals surface area contributed by atoms with Crippen LogP contribution >= 0.6 is 0 Å². The monoisotopic (exact) mass is 217 g/mol. The van der Waals surface area contributed by atoms with Gasteiger partial charge in [-0.2, -0.15) is 0 Å². The Morgan fingerprint density at radius 1 is 1.31 bits per heavy atom. The molecule has 5 nitrogen and oxygen atoms in total. The van der Waals surface area contributed by atoms with E-state index >= 15 is 0 Å². The Labute approximate surface area is 90.5 Å². The summed E-state index contributed by atoms with van der Waals surface area (Å²) in [5.74, 6) is 0.568. The molecule has 5 heteroatoms. The first kappa shape index (κ1) is 10.1. The first-order valence-electron chi connectivity index (χ1n) is 4.50. The zero-order valence-electron chi connectivity index (χ0n) is 8.12. The summed E-state index contributed by atoms with van der Waals surface area (Å²) in [6, 6.07) is 7.70. The molecule has 2 rings (SSSR count). The molecule has 0 saturated heterocycles. The molecule has 0 aliphatic carbocycles. The van der Waals surface area contributed by atoms with Crippen molar-refractivity contribution in [1.29, 1.82) is 0 Å². The van der Waals surface area contributed by atoms with Crippen LogP contribution in [-0.2, 0) is 0 Å². The lowest BCUT2D eigenvalue weighted by Gasteiger charge is -1.99. The van der Waals surface area contributed by atoms with E-state index in [1.165, 1.54) is 18.4 Å². The van der Waals surface area contributed by atoms with Crippen molar-refractivity contribution in [3.8, 4) is 11.3 Å². The molecule has 0 N–H and O–H groups in total. The van der Waals surface area contributed by atoms with Gasteiger partial charge in [-0.05, 0) is 24.3 Å². The van der Waals surface area contributed by atoms with Crippen molar-refractivity contribution in [1.82, 2.24) is 0 Å². The average Bonchev–Trinajstić information content (AvgIpc) is 2.81. The van der Waals surface area contributed by atoms with Gasteiger partial charge in [-0.25, -0.2) is 0 Å². The summed E-state index contributed by atoms with van der Waals surface area (Å²) in [6.07, 6.45) is 1.96. The maximum atomic E-state index is 10.7. The molecular weight excluding hydrogens is 210 g/mol. The number of benzene rings is 1. The van der Waals surface area contributed by atoms with Crippen molar-refractivity contribution in [2.45, 2.75) is 0 Å². The first-order valence-corrected chi connectivity index (χ1v) is 4.50. The van der Waals surface area contributed by atoms with E-state index in [-0.39, 0.29) is 11.3 Å². The van der Waals surface area contributed by atoms with E-state index in [2.05, 4.69) is 0 Å². The van der Waals surface area contributed by atoms with Crippen molar-refractivity contribution >= 4 is 12.0 Å². The summed E-state index contributed by atoms with van der Waals surface area (Å²) in [6.45, 7) is 0. The molecule has 0 bridgehead atoms. The van der Waals surface area contributed by atoms with Crippen LogP contribution in [0.1, 0.15) is 10.4 Å². The zero-order chi connectivity index (χ0) is 11.5. The van der Waals surface area contributed by atoms with Crippen LogP contribution in [0.3, 0.4) is 0 Å². The number of nitrogens with zero attached hydrogens (tertiary/aromatic N) is 1. The topological polar surface area (TPSA) is 73.3 Å². The van der Waals surface area contributed by atoms with Gasteiger partial charge < -0.3 is 4.42 Å². The quantitative estimate of drug-likeness (QED) is 0.450. The predicted molar refractivity (Wildman–Crippen MR) is 56.2 cm³/mol. The van der Waals surface area contributed by atoms with Gasteiger partial charge in [0.15, 0.2) is 6.29 Å². The van der Waals surface area contributed by atoms with E-state index in [4.69, 9.17) is 4.42 Å². The summed E-state index contributed by atoms with van der Waals surface area (Å²) in [4.78, 5) is 20.7. The molecule has 16 heavy (non-hydrogen) atoms. The molecule has 0 aliphatic heterocycles. The Morgan fingerprint density at radius 3 is 2.69 bits per heavy atom. The highest BCUT2D eigenvalue weighted by molar-refractivity contribution is 5.84. The summed E-state index contributed by atoms with van der Waals surface area (Å²) < 4.78 is 5.13. The van der Waals surface area contributed by atoms with Crippen molar-refractivity contribution in [2.24, 2.45) is 0 Å². The lowest BCUT2D eigenvalue weighted by atomic mass is 10.1. The number of hydrogen-bond acceptors (Lipinski definition) is 4. The van der Waals surface area contributed by atoms with Crippen molar-refractivity contribution in [3.05, 3.63) is 52.3 Å². The third-order valence-electron chi connectivity index (χ3n) is 2.16. The van der Waals surface area contributed by atoms with Gasteiger partial charge in [0.2, 0.25) is 0 Å². The van der Waals surface area contributed by atoms with Crippen LogP contribution in [0.2, 0.25) is 0 Å². The molecule has 0 atom stereocenters. The number of carbonyl (C=O) groups is 1. The minimum Gasteiger partial charge on any atom is -0.464 e. The Morgan fingerprint density at radius 2 is 2.12 bits per heavy atom. The number of nitro benzene ring substituents is 1. The molecule has 80 valence electrons. The molecule has 0 saturated carbocycles. The van der Waals surface area contributed by atoms with E-state index in [0.29, 0.717) is 17.6 Å². The molecule has 0 radical (unpaired) electrons. The molecular formula is C11H7NO4. The number of carbonyl (C=O) groups excluding carboxylic acids is 1. The Kier molecular flexibility index (Phi) is 2.51. The van der Waals surface area contributed by atoms with Gasteiger partial charge in [0, 0.05) is 11.6 Å². The molecule has 1 aromatic heterocycles. The highest BCUT2D eigenvalue weighted by Crippen LogP contribution is 2.25. The Hall–Kier alpha value is -2.43. The van der Waals surface area contributed by atoms with Crippen LogP contribution in [0, 0.1) is 10.1 Å². The fourth-order valence-electron chi connectivity index (χ4n) is 1.41. The normalized spacial score (nSPS) is 10.0. The molecule has 0 aliphatic rings. The second-order valence-corrected chi connectivity index (χ2v) is 3.13. The fraction of sp³-hybridized carbons (Fsp3) is 0. The van der Waals surface area contributed by atoms with Crippen LogP contribution in [-0.4, -0.2) is 11.2 Å². The van der Waals surface area contributed by atoms with Crippen LogP contribution in [0.15, 0.2) is 41.0 Å². The Bertz CT molecular complexity index is 531. The molecule has 0 fully saturated rings. The highest BCUT2D eigenvalue weighted by Gasteiger charge is 2.14. The third kappa shape index (κ3) is 1.70. The highest BCUT2D eigenvalue weighted by atomic mass is 16.6. The van der Waals surface area contributed by atoms with Crippen molar-refractivity contribution in [2.75, 3.05) is 0 Å². The van der Waals surface area contributed by atoms with Gasteiger partial charge in [-0.15, -0.1) is 0 Å². The first-order chi connectivity index (χ1) is 7.72. The van der Waals surface area contributed by atoms with Gasteiger partial charge in [-0.3, -0.25) is 14.9 Å². The van der Waals surface area contributed by atoms with E-state index < -0.39 is 4.92 Å². The lowest BCUT2D eigenvalue weighted by molar-refractivity contribution is -0.385. The van der Waals surface area contributed by atoms with E-state index in [0.717, 1.165) is 0 Å². The number of hydrogen-bond donors (Lipinski definition) is 0. The van der Waals surface area contributed by atoms with E-state index in [9.17, 15) is 14.9 Å². The number of furan rings is 1. The Balaban J connectivity index is 2.53. The van der Waals surface area contributed by atoms with Crippen LogP contribution in [0.25, 0.3) is 11.3 Å². The average molecular weight is 217 g/mol. The smallest absolute Gasteiger partial charge is 0.279 e. The second-order valence-electron chi connectivity index (χ2n) is 3.13. The standard InChI is InChI=1S/C11H7NO4/c13-7-9-6-8(11-2-1-5-16-11)3-4-10(9)12(14)15/h1-7H. The van der Waals surface area contributed by atoms with Crippen molar-refractivity contribution in [3.63, 3.8) is 0 Å². The lowest BCUT2D eigenvalue weighted by Crippen LogP contribution is -1.94. The predicted octanol–water partition coefficient (Wildman–Crippen LogP) is 2.67. The van der Waals surface area contributed by atoms with Crippen molar-refractivity contribution < 1.29 is 14.1 Å². The van der Waals surface area contributed by atoms with Crippen LogP contribution in [0.4, 0.5) is 5.69 Å². The minimum absolute atomic E-state index is 0.0406. The molecule has 0 spiro atoms. The number of nitro groups is 1. The van der Waals surface area contributed by atoms with Gasteiger partial charge >= 0.3 is 0 Å². The largest absolute Gasteiger partial charge is 0.464 e. The number of rotatable bonds is 3. The van der Waals surface area contributed by atoms with Gasteiger partial charge in [0.05, 0.1) is 16.7 Å². The molecule has 0 unspecified atom stereocenters. The second kappa shape index (κ2) is 3.98. The SMILES string of the molecule is O=Cc1cc(-c2ccco2)ccc1[N+](=O)[O-]. The molecule has 2 aromatic rings. The zero-order valence-corrected chi connectivity index (χ0v) is 8.12. The van der Waals surface area contributed by atoms with Crippen LogP contribution < -0.4 is 0 Å². The minimum atomic E-state index is -0.588.